The van der Waals surface area contributed by atoms with E-state index >= 15 is 0 Å². The van der Waals surface area contributed by atoms with Crippen molar-refractivity contribution >= 4 is 17.9 Å². The Kier molecular flexibility index (Phi) is 3.56. The maximum absolute atomic E-state index is 12.1. The number of carbonyl (C=O) groups is 3. The molecule has 0 aromatic carbocycles. The number of nitrogens with one attached hydrogen (secondary N) is 1. The van der Waals surface area contributed by atoms with Gasteiger partial charge in [0.2, 0.25) is 5.91 Å². The van der Waals surface area contributed by atoms with Crippen molar-refractivity contribution in [1.29, 1.82) is 0 Å². The molecule has 5 N–H and O–H groups in total. The van der Waals surface area contributed by atoms with Crippen LogP contribution in [0.15, 0.2) is 0 Å². The Labute approximate surface area is 124 Å². The first-order chi connectivity index (χ1) is 10.4. The fraction of sp³-hybridized carbons (Fsp3) is 0.750. The molecule has 0 aromatic rings. The van der Waals surface area contributed by atoms with Crippen molar-refractivity contribution < 1.29 is 39.5 Å². The Balaban J connectivity index is 1.89. The molecule has 0 bridgehead atoms. The van der Waals surface area contributed by atoms with Gasteiger partial charge in [0, 0.05) is 0 Å². The Morgan fingerprint density at radius 1 is 1.32 bits per heavy atom. The van der Waals surface area contributed by atoms with E-state index in [0.29, 0.717) is 0 Å². The van der Waals surface area contributed by atoms with E-state index in [1.54, 1.807) is 0 Å². The molecule has 10 heteroatoms. The summed E-state index contributed by atoms with van der Waals surface area (Å²) in [7, 11) is 0. The zero-order chi connectivity index (χ0) is 16.2. The van der Waals surface area contributed by atoms with Gasteiger partial charge in [0.1, 0.15) is 18.3 Å². The number of nitrogens with zero attached hydrogens (tertiary/aromatic N) is 1. The number of hydrogen-bond acceptors (Lipinski definition) is 7. The zero-order valence-electron chi connectivity index (χ0n) is 11.3. The number of aliphatic hydroxyl groups excluding tert-OH is 3. The summed E-state index contributed by atoms with van der Waals surface area (Å²) in [6, 6.07) is -1.82. The molecule has 22 heavy (non-hydrogen) atoms. The summed E-state index contributed by atoms with van der Waals surface area (Å²) in [6.45, 7) is -0.570. The van der Waals surface area contributed by atoms with Crippen molar-refractivity contribution in [3.8, 4) is 0 Å². The number of urea groups is 1. The largest absolute Gasteiger partial charge is 0.481 e. The first-order valence-corrected chi connectivity index (χ1v) is 6.85. The third-order valence-electron chi connectivity index (χ3n) is 4.56. The molecule has 7 atom stereocenters. The fourth-order valence-corrected chi connectivity index (χ4v) is 3.33. The Morgan fingerprint density at radius 2 is 2.00 bits per heavy atom. The minimum Gasteiger partial charge on any atom is -0.481 e. The summed E-state index contributed by atoms with van der Waals surface area (Å²) in [4.78, 5) is 36.0. The second-order valence-corrected chi connectivity index (χ2v) is 5.71. The molecule has 3 fully saturated rings. The lowest BCUT2D eigenvalue weighted by Crippen LogP contribution is -2.72. The van der Waals surface area contributed by atoms with Gasteiger partial charge in [-0.25, -0.2) is 4.79 Å². The maximum Gasteiger partial charge on any atom is 0.326 e. The van der Waals surface area contributed by atoms with Crippen LogP contribution in [-0.2, 0) is 14.3 Å². The molecule has 2 heterocycles. The van der Waals surface area contributed by atoms with Crippen LogP contribution in [0.4, 0.5) is 4.79 Å². The lowest BCUT2D eigenvalue weighted by Gasteiger charge is -2.52. The standard InChI is InChI=1S/C12H16N2O8/c15-2-5-7(16)8(17)10(22-5)14-6-3(1-4(6)11(19)20)9(18)13-12(14)21/h3-8,10,15-17H,1-2H2,(H,19,20)(H,13,18,21)/t3-,4-,5+,6-,7+,8+,10+/m0/s1. The molecule has 1 aliphatic carbocycles. The van der Waals surface area contributed by atoms with Crippen molar-refractivity contribution in [3.05, 3.63) is 0 Å². The molecule has 3 rings (SSSR count). The zero-order valence-corrected chi connectivity index (χ0v) is 11.3. The summed E-state index contributed by atoms with van der Waals surface area (Å²) in [5, 5.41) is 40.1. The molecule has 122 valence electrons. The van der Waals surface area contributed by atoms with E-state index in [0.717, 1.165) is 4.90 Å². The van der Waals surface area contributed by atoms with Crippen molar-refractivity contribution in [2.75, 3.05) is 6.61 Å². The van der Waals surface area contributed by atoms with E-state index in [4.69, 9.17) is 14.9 Å². The van der Waals surface area contributed by atoms with E-state index < -0.39 is 66.9 Å². The van der Waals surface area contributed by atoms with Gasteiger partial charge in [-0.1, -0.05) is 0 Å². The SMILES string of the molecule is O=C(O)[C@H]1C[C@@H]2C(=O)NC(=O)N([C@@H]3O[C@H](CO)[C@@H](O)[C@H]3O)[C@H]12. The summed E-state index contributed by atoms with van der Waals surface area (Å²) in [6.07, 6.45) is -5.25. The lowest BCUT2D eigenvalue weighted by atomic mass is 9.67. The molecule has 3 amide bonds. The predicted octanol–water partition coefficient (Wildman–Crippen LogP) is -2.93. The third-order valence-corrected chi connectivity index (χ3v) is 4.56. The molecule has 0 aromatic heterocycles. The highest BCUT2D eigenvalue weighted by Crippen LogP contribution is 2.43. The number of hydrogen-bond donors (Lipinski definition) is 5. The molecule has 1 saturated carbocycles. The lowest BCUT2D eigenvalue weighted by molar-refractivity contribution is -0.171. The van der Waals surface area contributed by atoms with Crippen LogP contribution in [-0.4, -0.2) is 80.4 Å². The number of fused-ring (bicyclic) bond motifs is 1. The first-order valence-electron chi connectivity index (χ1n) is 6.85. The summed E-state index contributed by atoms with van der Waals surface area (Å²) in [5.74, 6) is -3.35. The van der Waals surface area contributed by atoms with Gasteiger partial charge in [-0.05, 0) is 6.42 Å². The molecule has 2 saturated heterocycles. The molecule has 10 nitrogen and oxygen atoms in total. The van der Waals surface area contributed by atoms with Crippen LogP contribution in [0.1, 0.15) is 6.42 Å². The van der Waals surface area contributed by atoms with Crippen molar-refractivity contribution in [2.45, 2.75) is 37.0 Å². The average molecular weight is 316 g/mol. The second kappa shape index (κ2) is 5.16. The third kappa shape index (κ3) is 1.99. The molecule has 3 aliphatic rings. The predicted molar refractivity (Wildman–Crippen MR) is 66.2 cm³/mol. The number of amides is 3. The Bertz CT molecular complexity index is 521. The van der Waals surface area contributed by atoms with Crippen LogP contribution in [0.3, 0.4) is 0 Å². The van der Waals surface area contributed by atoms with E-state index in [1.807, 2.05) is 0 Å². The van der Waals surface area contributed by atoms with Gasteiger partial charge in [-0.3, -0.25) is 19.8 Å². The van der Waals surface area contributed by atoms with Crippen molar-refractivity contribution in [3.63, 3.8) is 0 Å². The maximum atomic E-state index is 12.1. The number of rotatable bonds is 3. The van der Waals surface area contributed by atoms with Crippen LogP contribution in [0.5, 0.6) is 0 Å². The smallest absolute Gasteiger partial charge is 0.326 e. The number of aliphatic carboxylic acids is 1. The van der Waals surface area contributed by atoms with Gasteiger partial charge in [-0.2, -0.15) is 0 Å². The molecule has 0 spiro atoms. The Hall–Kier alpha value is -1.75. The number of carbonyl (C=O) groups excluding carboxylic acids is 2. The van der Waals surface area contributed by atoms with Gasteiger partial charge in [-0.15, -0.1) is 0 Å². The van der Waals surface area contributed by atoms with E-state index in [9.17, 15) is 24.6 Å². The van der Waals surface area contributed by atoms with E-state index in [2.05, 4.69) is 5.32 Å². The molecular weight excluding hydrogens is 300 g/mol. The number of carboxylic acids is 1. The van der Waals surface area contributed by atoms with E-state index in [1.165, 1.54) is 0 Å². The highest BCUT2D eigenvalue weighted by Gasteiger charge is 2.60. The topological polar surface area (TPSA) is 157 Å². The molecule has 0 unspecified atom stereocenters. The Morgan fingerprint density at radius 3 is 2.55 bits per heavy atom. The second-order valence-electron chi connectivity index (χ2n) is 5.71. The van der Waals surface area contributed by atoms with Crippen LogP contribution >= 0.6 is 0 Å². The van der Waals surface area contributed by atoms with Crippen LogP contribution in [0.2, 0.25) is 0 Å². The normalized spacial score (nSPS) is 44.3. The van der Waals surface area contributed by atoms with E-state index in [-0.39, 0.29) is 6.42 Å². The van der Waals surface area contributed by atoms with Gasteiger partial charge in [0.15, 0.2) is 6.23 Å². The number of aliphatic hydroxyl groups is 3. The summed E-state index contributed by atoms with van der Waals surface area (Å²) in [5.41, 5.74) is 0. The molecule has 2 aliphatic heterocycles. The van der Waals surface area contributed by atoms with Crippen LogP contribution in [0.25, 0.3) is 0 Å². The van der Waals surface area contributed by atoms with Crippen LogP contribution in [0, 0.1) is 11.8 Å². The minimum absolute atomic E-state index is 0.0877. The van der Waals surface area contributed by atoms with Gasteiger partial charge in [0.05, 0.1) is 24.5 Å². The van der Waals surface area contributed by atoms with Crippen molar-refractivity contribution in [1.82, 2.24) is 10.2 Å². The number of carboxylic acid groups (broad SMARTS) is 1. The highest BCUT2D eigenvalue weighted by molar-refractivity contribution is 6.00. The first kappa shape index (κ1) is 15.2. The molecular formula is C12H16N2O8. The van der Waals surface area contributed by atoms with Gasteiger partial charge >= 0.3 is 12.0 Å². The highest BCUT2D eigenvalue weighted by atomic mass is 16.6. The molecule has 0 radical (unpaired) electrons. The number of ether oxygens (including phenoxy) is 1. The monoisotopic (exact) mass is 316 g/mol. The fourth-order valence-electron chi connectivity index (χ4n) is 3.33. The average Bonchev–Trinajstić information content (AvgIpc) is 2.69. The quantitative estimate of drug-likeness (QED) is 0.370. The van der Waals surface area contributed by atoms with Gasteiger partial charge in [0.25, 0.3) is 0 Å². The van der Waals surface area contributed by atoms with Crippen molar-refractivity contribution in [2.24, 2.45) is 11.8 Å². The summed E-state index contributed by atoms with van der Waals surface area (Å²) >= 11 is 0. The van der Waals surface area contributed by atoms with Gasteiger partial charge < -0.3 is 25.2 Å². The van der Waals surface area contributed by atoms with Crippen LogP contribution < -0.4 is 5.32 Å². The number of imide groups is 1. The minimum atomic E-state index is -1.51. The summed E-state index contributed by atoms with van der Waals surface area (Å²) < 4.78 is 5.27.